The quantitative estimate of drug-likeness (QED) is 0.908. The maximum Gasteiger partial charge on any atom is 0.256 e. The number of rotatable bonds is 3. The van der Waals surface area contributed by atoms with Crippen LogP contribution in [0.5, 0.6) is 0 Å². The van der Waals surface area contributed by atoms with Crippen LogP contribution in [0.15, 0.2) is 50.2 Å². The number of benzene rings is 1. The van der Waals surface area contributed by atoms with Crippen LogP contribution in [0.2, 0.25) is 0 Å². The van der Waals surface area contributed by atoms with Crippen LogP contribution in [-0.2, 0) is 6.54 Å². The SMILES string of the molecule is O=C(NCc1ccccc1Br)c1ccoc1Br. The lowest BCUT2D eigenvalue weighted by Gasteiger charge is -2.05. The van der Waals surface area contributed by atoms with Crippen LogP contribution in [0, 0.1) is 0 Å². The third kappa shape index (κ3) is 2.98. The molecule has 2 aromatic rings. The van der Waals surface area contributed by atoms with E-state index in [-0.39, 0.29) is 5.91 Å². The summed E-state index contributed by atoms with van der Waals surface area (Å²) in [5.41, 5.74) is 1.53. The summed E-state index contributed by atoms with van der Waals surface area (Å²) < 4.78 is 6.43. The van der Waals surface area contributed by atoms with E-state index in [0.717, 1.165) is 10.0 Å². The molecule has 0 saturated carbocycles. The smallest absolute Gasteiger partial charge is 0.256 e. The second-order valence-electron chi connectivity index (χ2n) is 3.38. The van der Waals surface area contributed by atoms with Crippen molar-refractivity contribution in [2.75, 3.05) is 0 Å². The lowest BCUT2D eigenvalue weighted by atomic mass is 10.2. The first-order valence-electron chi connectivity index (χ1n) is 4.93. The van der Waals surface area contributed by atoms with Gasteiger partial charge >= 0.3 is 0 Å². The van der Waals surface area contributed by atoms with Crippen LogP contribution in [-0.4, -0.2) is 5.91 Å². The maximum absolute atomic E-state index is 11.8. The van der Waals surface area contributed by atoms with E-state index in [9.17, 15) is 4.79 Å². The fraction of sp³-hybridized carbons (Fsp3) is 0.0833. The van der Waals surface area contributed by atoms with Gasteiger partial charge in [0, 0.05) is 11.0 Å². The predicted molar refractivity (Wildman–Crippen MR) is 71.7 cm³/mol. The van der Waals surface area contributed by atoms with Gasteiger partial charge in [-0.05, 0) is 33.6 Å². The molecular weight excluding hydrogens is 350 g/mol. The molecule has 5 heteroatoms. The van der Waals surface area contributed by atoms with Gasteiger partial charge in [-0.1, -0.05) is 34.1 Å². The minimum Gasteiger partial charge on any atom is -0.457 e. The van der Waals surface area contributed by atoms with Crippen molar-refractivity contribution in [1.29, 1.82) is 0 Å². The van der Waals surface area contributed by atoms with Crippen LogP contribution in [0.4, 0.5) is 0 Å². The predicted octanol–water partition coefficient (Wildman–Crippen LogP) is 3.73. The first-order valence-corrected chi connectivity index (χ1v) is 6.51. The third-order valence-electron chi connectivity index (χ3n) is 2.26. The number of carbonyl (C=O) groups is 1. The van der Waals surface area contributed by atoms with Gasteiger partial charge in [0.25, 0.3) is 5.91 Å². The Morgan fingerprint density at radius 2 is 2.00 bits per heavy atom. The number of halogens is 2. The summed E-state index contributed by atoms with van der Waals surface area (Å²) in [5, 5.41) is 2.82. The summed E-state index contributed by atoms with van der Waals surface area (Å²) in [5.74, 6) is -0.165. The molecule has 17 heavy (non-hydrogen) atoms. The van der Waals surface area contributed by atoms with Crippen LogP contribution >= 0.6 is 31.9 Å². The van der Waals surface area contributed by atoms with Crippen molar-refractivity contribution in [2.45, 2.75) is 6.54 Å². The van der Waals surface area contributed by atoms with Gasteiger partial charge in [-0.3, -0.25) is 4.79 Å². The molecule has 0 saturated heterocycles. The summed E-state index contributed by atoms with van der Waals surface area (Å²) in [6, 6.07) is 9.38. The molecule has 1 N–H and O–H groups in total. The molecule has 0 fully saturated rings. The van der Waals surface area contributed by atoms with Gasteiger partial charge in [-0.2, -0.15) is 0 Å². The summed E-state index contributed by atoms with van der Waals surface area (Å²) >= 11 is 6.60. The molecule has 2 rings (SSSR count). The highest BCUT2D eigenvalue weighted by Crippen LogP contribution is 2.18. The number of amides is 1. The molecule has 0 atom stereocenters. The monoisotopic (exact) mass is 357 g/mol. The zero-order valence-corrected chi connectivity index (χ0v) is 11.9. The standard InChI is InChI=1S/C12H9Br2NO2/c13-10-4-2-1-3-8(10)7-15-12(16)9-5-6-17-11(9)14/h1-6H,7H2,(H,15,16). The Balaban J connectivity index is 2.02. The molecule has 0 spiro atoms. The normalized spacial score (nSPS) is 10.2. The van der Waals surface area contributed by atoms with E-state index >= 15 is 0 Å². The van der Waals surface area contributed by atoms with E-state index in [1.54, 1.807) is 6.07 Å². The van der Waals surface area contributed by atoms with E-state index in [0.29, 0.717) is 16.8 Å². The van der Waals surface area contributed by atoms with Crippen molar-refractivity contribution >= 4 is 37.8 Å². The van der Waals surface area contributed by atoms with E-state index < -0.39 is 0 Å². The van der Waals surface area contributed by atoms with Crippen molar-refractivity contribution < 1.29 is 9.21 Å². The van der Waals surface area contributed by atoms with Crippen LogP contribution in [0.3, 0.4) is 0 Å². The Bertz CT molecular complexity index is 537. The first kappa shape index (κ1) is 12.4. The molecule has 1 heterocycles. The molecule has 0 aliphatic carbocycles. The van der Waals surface area contributed by atoms with E-state index in [1.165, 1.54) is 6.26 Å². The molecule has 0 aliphatic rings. The summed E-state index contributed by atoms with van der Waals surface area (Å²) in [6.45, 7) is 0.470. The summed E-state index contributed by atoms with van der Waals surface area (Å²) in [4.78, 5) is 11.8. The van der Waals surface area contributed by atoms with Crippen molar-refractivity contribution in [3.63, 3.8) is 0 Å². The second kappa shape index (κ2) is 5.51. The highest BCUT2D eigenvalue weighted by atomic mass is 79.9. The van der Waals surface area contributed by atoms with Crippen LogP contribution < -0.4 is 5.32 Å². The number of hydrogen-bond acceptors (Lipinski definition) is 2. The Kier molecular flexibility index (Phi) is 4.02. The Hall–Kier alpha value is -1.07. The Morgan fingerprint density at radius 3 is 2.65 bits per heavy atom. The van der Waals surface area contributed by atoms with Gasteiger partial charge in [0.15, 0.2) is 4.67 Å². The zero-order valence-electron chi connectivity index (χ0n) is 8.74. The van der Waals surface area contributed by atoms with Crippen molar-refractivity contribution in [3.05, 3.63) is 56.9 Å². The molecule has 0 unspecified atom stereocenters. The molecule has 88 valence electrons. The van der Waals surface area contributed by atoms with Gasteiger partial charge in [0.1, 0.15) is 0 Å². The lowest BCUT2D eigenvalue weighted by Crippen LogP contribution is -2.22. The van der Waals surface area contributed by atoms with Gasteiger partial charge in [0.05, 0.1) is 11.8 Å². The van der Waals surface area contributed by atoms with Gasteiger partial charge in [-0.25, -0.2) is 0 Å². The number of nitrogens with one attached hydrogen (secondary N) is 1. The molecule has 0 radical (unpaired) electrons. The molecule has 1 amide bonds. The van der Waals surface area contributed by atoms with Gasteiger partial charge < -0.3 is 9.73 Å². The molecular formula is C12H9Br2NO2. The fourth-order valence-corrected chi connectivity index (χ4v) is 2.21. The van der Waals surface area contributed by atoms with Crippen molar-refractivity contribution in [1.82, 2.24) is 5.32 Å². The highest BCUT2D eigenvalue weighted by molar-refractivity contribution is 9.10. The van der Waals surface area contributed by atoms with E-state index in [2.05, 4.69) is 37.2 Å². The Labute approximate surface area is 115 Å². The average Bonchev–Trinajstić information content (AvgIpc) is 2.74. The minimum atomic E-state index is -0.165. The minimum absolute atomic E-state index is 0.165. The number of hydrogen-bond donors (Lipinski definition) is 1. The Morgan fingerprint density at radius 1 is 1.24 bits per heavy atom. The molecule has 1 aromatic carbocycles. The third-order valence-corrected chi connectivity index (χ3v) is 3.65. The van der Waals surface area contributed by atoms with E-state index in [1.807, 2.05) is 24.3 Å². The number of carbonyl (C=O) groups excluding carboxylic acids is 1. The summed E-state index contributed by atoms with van der Waals surface area (Å²) in [6.07, 6.45) is 1.47. The lowest BCUT2D eigenvalue weighted by molar-refractivity contribution is 0.0949. The van der Waals surface area contributed by atoms with Gasteiger partial charge in [0.2, 0.25) is 0 Å². The van der Waals surface area contributed by atoms with Crippen molar-refractivity contribution in [2.24, 2.45) is 0 Å². The maximum atomic E-state index is 11.8. The van der Waals surface area contributed by atoms with Crippen LogP contribution in [0.1, 0.15) is 15.9 Å². The van der Waals surface area contributed by atoms with Crippen LogP contribution in [0.25, 0.3) is 0 Å². The fourth-order valence-electron chi connectivity index (χ4n) is 1.37. The largest absolute Gasteiger partial charge is 0.457 e. The topological polar surface area (TPSA) is 42.2 Å². The second-order valence-corrected chi connectivity index (χ2v) is 4.96. The average molecular weight is 359 g/mol. The highest BCUT2D eigenvalue weighted by Gasteiger charge is 2.12. The first-order chi connectivity index (χ1) is 8.18. The molecule has 1 aromatic heterocycles. The van der Waals surface area contributed by atoms with Gasteiger partial charge in [-0.15, -0.1) is 0 Å². The summed E-state index contributed by atoms with van der Waals surface area (Å²) in [7, 11) is 0. The molecule has 3 nitrogen and oxygen atoms in total. The van der Waals surface area contributed by atoms with Crippen molar-refractivity contribution in [3.8, 4) is 0 Å². The number of furan rings is 1. The zero-order chi connectivity index (χ0) is 12.3. The molecule has 0 bridgehead atoms. The molecule has 0 aliphatic heterocycles. The van der Waals surface area contributed by atoms with E-state index in [4.69, 9.17) is 4.42 Å².